The number of hydrogen-bond acceptors (Lipinski definition) is 2. The van der Waals surface area contributed by atoms with Gasteiger partial charge in [-0.3, -0.25) is 0 Å². The van der Waals surface area contributed by atoms with Gasteiger partial charge in [-0.1, -0.05) is 13.8 Å². The van der Waals surface area contributed by atoms with Crippen molar-refractivity contribution < 1.29 is 10.2 Å². The van der Waals surface area contributed by atoms with Crippen LogP contribution in [-0.2, 0) is 0 Å². The molecule has 2 aliphatic rings. The van der Waals surface area contributed by atoms with Gasteiger partial charge in [-0.2, -0.15) is 0 Å². The summed E-state index contributed by atoms with van der Waals surface area (Å²) < 4.78 is 0. The molecule has 112 valence electrons. The van der Waals surface area contributed by atoms with Crippen LogP contribution >= 0.6 is 0 Å². The molecule has 0 heterocycles. The number of rotatable bonds is 4. The Labute approximate surface area is 118 Å². The van der Waals surface area contributed by atoms with E-state index in [0.29, 0.717) is 5.41 Å². The fourth-order valence-electron chi connectivity index (χ4n) is 5.04. The molecule has 0 radical (unpaired) electrons. The molecule has 2 N–H and O–H groups in total. The summed E-state index contributed by atoms with van der Waals surface area (Å²) in [7, 11) is 0. The van der Waals surface area contributed by atoms with Crippen molar-refractivity contribution >= 4 is 0 Å². The maximum absolute atomic E-state index is 9.75. The van der Waals surface area contributed by atoms with E-state index < -0.39 is 0 Å². The van der Waals surface area contributed by atoms with Crippen LogP contribution in [0.3, 0.4) is 0 Å². The zero-order chi connectivity index (χ0) is 13.9. The first kappa shape index (κ1) is 15.3. The number of aliphatic hydroxyl groups excluding tert-OH is 2. The van der Waals surface area contributed by atoms with Crippen molar-refractivity contribution in [3.63, 3.8) is 0 Å². The lowest BCUT2D eigenvalue weighted by atomic mass is 9.56. The second kappa shape index (κ2) is 6.58. The molecule has 2 aliphatic carbocycles. The van der Waals surface area contributed by atoms with Gasteiger partial charge < -0.3 is 10.2 Å². The molecule has 19 heavy (non-hydrogen) atoms. The first-order chi connectivity index (χ1) is 9.12. The second-order valence-corrected chi connectivity index (χ2v) is 6.95. The largest absolute Gasteiger partial charge is 0.393 e. The zero-order valence-corrected chi connectivity index (χ0v) is 12.8. The molecule has 0 amide bonds. The van der Waals surface area contributed by atoms with Gasteiger partial charge in [0, 0.05) is 0 Å². The van der Waals surface area contributed by atoms with Gasteiger partial charge in [-0.15, -0.1) is 0 Å². The molecule has 2 saturated carbocycles. The lowest BCUT2D eigenvalue weighted by Crippen LogP contribution is -2.42. The minimum absolute atomic E-state index is 0.0455. The Morgan fingerprint density at radius 3 is 1.26 bits per heavy atom. The van der Waals surface area contributed by atoms with Crippen molar-refractivity contribution in [3.8, 4) is 0 Å². The quantitative estimate of drug-likeness (QED) is 0.812. The third-order valence-corrected chi connectivity index (χ3v) is 6.34. The molecule has 0 saturated heterocycles. The summed E-state index contributed by atoms with van der Waals surface area (Å²) in [6, 6.07) is 0. The van der Waals surface area contributed by atoms with Crippen molar-refractivity contribution in [2.24, 2.45) is 17.3 Å². The molecule has 2 heteroatoms. The van der Waals surface area contributed by atoms with E-state index in [2.05, 4.69) is 13.8 Å². The summed E-state index contributed by atoms with van der Waals surface area (Å²) in [5, 5.41) is 19.5. The first-order valence-electron chi connectivity index (χ1n) is 8.48. The molecule has 0 aromatic rings. The highest BCUT2D eigenvalue weighted by Crippen LogP contribution is 2.52. The predicted octanol–water partition coefficient (Wildman–Crippen LogP) is 3.90. The van der Waals surface area contributed by atoms with Gasteiger partial charge in [0.15, 0.2) is 0 Å². The maximum Gasteiger partial charge on any atom is 0.0540 e. The average Bonchev–Trinajstić information content (AvgIpc) is 2.44. The van der Waals surface area contributed by atoms with Crippen LogP contribution in [0.25, 0.3) is 0 Å². The van der Waals surface area contributed by atoms with Crippen LogP contribution in [0.15, 0.2) is 0 Å². The topological polar surface area (TPSA) is 40.5 Å². The van der Waals surface area contributed by atoms with Gasteiger partial charge in [0.1, 0.15) is 0 Å². The Kier molecular flexibility index (Phi) is 5.30. The summed E-state index contributed by atoms with van der Waals surface area (Å²) >= 11 is 0. The van der Waals surface area contributed by atoms with Gasteiger partial charge in [0.05, 0.1) is 12.2 Å². The Morgan fingerprint density at radius 1 is 0.684 bits per heavy atom. The molecule has 0 unspecified atom stereocenters. The van der Waals surface area contributed by atoms with E-state index in [1.807, 2.05) is 0 Å². The molecular formula is C17H32O2. The van der Waals surface area contributed by atoms with Crippen molar-refractivity contribution in [2.45, 2.75) is 90.3 Å². The van der Waals surface area contributed by atoms with Crippen LogP contribution in [-0.4, -0.2) is 22.4 Å². The Bertz CT molecular complexity index is 232. The standard InChI is InChI=1S/C17H32O2/c1-3-17(4-2,13-5-9-15(18)10-6-13)14-7-11-16(19)12-8-14/h13-16,18-19H,3-12H2,1-2H3. The van der Waals surface area contributed by atoms with E-state index in [1.165, 1.54) is 38.5 Å². The van der Waals surface area contributed by atoms with Gasteiger partial charge in [0.2, 0.25) is 0 Å². The van der Waals surface area contributed by atoms with E-state index >= 15 is 0 Å². The fraction of sp³-hybridized carbons (Fsp3) is 1.00. The van der Waals surface area contributed by atoms with Crippen LogP contribution in [0.2, 0.25) is 0 Å². The third kappa shape index (κ3) is 3.16. The summed E-state index contributed by atoms with van der Waals surface area (Å²) in [5.41, 5.74) is 0.473. The van der Waals surface area contributed by atoms with E-state index in [0.717, 1.165) is 37.5 Å². The minimum atomic E-state index is -0.0455. The smallest absolute Gasteiger partial charge is 0.0540 e. The molecule has 2 fully saturated rings. The van der Waals surface area contributed by atoms with Gasteiger partial charge >= 0.3 is 0 Å². The fourth-order valence-corrected chi connectivity index (χ4v) is 5.04. The normalized spacial score (nSPS) is 37.3. The summed E-state index contributed by atoms with van der Waals surface area (Å²) in [4.78, 5) is 0. The molecule has 0 bridgehead atoms. The van der Waals surface area contributed by atoms with E-state index in [4.69, 9.17) is 0 Å². The van der Waals surface area contributed by atoms with Crippen molar-refractivity contribution in [1.82, 2.24) is 0 Å². The lowest BCUT2D eigenvalue weighted by molar-refractivity contribution is -0.0261. The monoisotopic (exact) mass is 268 g/mol. The van der Waals surface area contributed by atoms with E-state index in [9.17, 15) is 10.2 Å². The molecule has 2 nitrogen and oxygen atoms in total. The Morgan fingerprint density at radius 2 is 1.00 bits per heavy atom. The molecule has 0 atom stereocenters. The van der Waals surface area contributed by atoms with Crippen molar-refractivity contribution in [3.05, 3.63) is 0 Å². The number of aliphatic hydroxyl groups is 2. The highest BCUT2D eigenvalue weighted by Gasteiger charge is 2.44. The summed E-state index contributed by atoms with van der Waals surface area (Å²) in [6.45, 7) is 4.72. The van der Waals surface area contributed by atoms with Crippen LogP contribution in [0.4, 0.5) is 0 Å². The third-order valence-electron chi connectivity index (χ3n) is 6.34. The molecular weight excluding hydrogens is 236 g/mol. The maximum atomic E-state index is 9.75. The first-order valence-corrected chi connectivity index (χ1v) is 8.48. The van der Waals surface area contributed by atoms with E-state index in [1.54, 1.807) is 0 Å². The number of hydrogen-bond donors (Lipinski definition) is 2. The average molecular weight is 268 g/mol. The summed E-state index contributed by atoms with van der Waals surface area (Å²) in [5.74, 6) is 1.59. The lowest BCUT2D eigenvalue weighted by Gasteiger charge is -2.50. The molecule has 2 rings (SSSR count). The predicted molar refractivity (Wildman–Crippen MR) is 78.9 cm³/mol. The molecule has 0 aliphatic heterocycles. The van der Waals surface area contributed by atoms with Gasteiger partial charge in [0.25, 0.3) is 0 Å². The minimum Gasteiger partial charge on any atom is -0.393 e. The molecule has 0 spiro atoms. The second-order valence-electron chi connectivity index (χ2n) is 6.95. The molecule has 0 aromatic heterocycles. The van der Waals surface area contributed by atoms with Crippen LogP contribution in [0.1, 0.15) is 78.1 Å². The van der Waals surface area contributed by atoms with Crippen LogP contribution in [0.5, 0.6) is 0 Å². The zero-order valence-electron chi connectivity index (χ0n) is 12.8. The molecule has 0 aromatic carbocycles. The van der Waals surface area contributed by atoms with Gasteiger partial charge in [-0.25, -0.2) is 0 Å². The SMILES string of the molecule is CCC(CC)(C1CCC(O)CC1)C1CCC(O)CC1. The van der Waals surface area contributed by atoms with Crippen LogP contribution in [0, 0.1) is 17.3 Å². The van der Waals surface area contributed by atoms with Gasteiger partial charge in [-0.05, 0) is 81.5 Å². The highest BCUT2D eigenvalue weighted by molar-refractivity contribution is 4.94. The summed E-state index contributed by atoms with van der Waals surface area (Å²) in [6.07, 6.45) is 11.3. The Hall–Kier alpha value is -0.0800. The van der Waals surface area contributed by atoms with Crippen LogP contribution < -0.4 is 0 Å². The highest BCUT2D eigenvalue weighted by atomic mass is 16.3. The van der Waals surface area contributed by atoms with Crippen molar-refractivity contribution in [2.75, 3.05) is 0 Å². The van der Waals surface area contributed by atoms with E-state index in [-0.39, 0.29) is 12.2 Å². The van der Waals surface area contributed by atoms with Crippen molar-refractivity contribution in [1.29, 1.82) is 0 Å². The Balaban J connectivity index is 2.08.